The zero-order chi connectivity index (χ0) is 18.2. The number of nitrogens with one attached hydrogen (secondary N) is 3. The molecule has 0 fully saturated rings. The summed E-state index contributed by atoms with van der Waals surface area (Å²) in [5.74, 6) is -2.07. The number of anilines is 1. The van der Waals surface area contributed by atoms with Gasteiger partial charge in [-0.2, -0.15) is 0 Å². The van der Waals surface area contributed by atoms with Crippen molar-refractivity contribution in [2.45, 2.75) is 6.92 Å². The summed E-state index contributed by atoms with van der Waals surface area (Å²) < 4.78 is 5.20. The normalized spacial score (nSPS) is 9.84. The molecule has 25 heavy (non-hydrogen) atoms. The van der Waals surface area contributed by atoms with E-state index in [-0.39, 0.29) is 6.61 Å². The van der Waals surface area contributed by atoms with Gasteiger partial charge in [-0.1, -0.05) is 29.3 Å². The van der Waals surface area contributed by atoms with Crippen molar-refractivity contribution in [1.82, 2.24) is 10.9 Å². The van der Waals surface area contributed by atoms with Crippen LogP contribution in [-0.2, 0) is 14.4 Å². The van der Waals surface area contributed by atoms with Crippen LogP contribution in [0.25, 0.3) is 0 Å². The van der Waals surface area contributed by atoms with Crippen LogP contribution in [-0.4, -0.2) is 24.3 Å². The van der Waals surface area contributed by atoms with Gasteiger partial charge in [0.1, 0.15) is 5.75 Å². The summed E-state index contributed by atoms with van der Waals surface area (Å²) in [5.41, 5.74) is 5.60. The maximum Gasteiger partial charge on any atom is 0.328 e. The van der Waals surface area contributed by atoms with Crippen LogP contribution in [0.15, 0.2) is 48.5 Å². The second-order valence-corrected chi connectivity index (χ2v) is 5.50. The first-order chi connectivity index (χ1) is 11.9. The molecule has 0 unspecified atom stereocenters. The van der Waals surface area contributed by atoms with E-state index in [1.807, 2.05) is 12.3 Å². The SMILES string of the molecule is Cc1ccc(NC(=O)C(=O)NNC(=O)COc2ccc(Cl)cc2)cc1. The van der Waals surface area contributed by atoms with E-state index >= 15 is 0 Å². The van der Waals surface area contributed by atoms with Gasteiger partial charge in [-0.3, -0.25) is 25.2 Å². The van der Waals surface area contributed by atoms with Crippen LogP contribution in [0.5, 0.6) is 5.75 Å². The lowest BCUT2D eigenvalue weighted by Gasteiger charge is -2.09. The van der Waals surface area contributed by atoms with E-state index < -0.39 is 17.7 Å². The molecule has 2 aromatic rings. The zero-order valence-corrected chi connectivity index (χ0v) is 14.1. The number of aryl methyl sites for hydroxylation is 1. The number of ether oxygens (including phenoxy) is 1. The molecule has 0 radical (unpaired) electrons. The van der Waals surface area contributed by atoms with Crippen molar-refractivity contribution >= 4 is 35.0 Å². The first kappa shape index (κ1) is 18.3. The number of hydrogen-bond acceptors (Lipinski definition) is 4. The quantitative estimate of drug-likeness (QED) is 0.571. The predicted octanol–water partition coefficient (Wildman–Crippen LogP) is 1.81. The summed E-state index contributed by atoms with van der Waals surface area (Å²) >= 11 is 5.73. The molecule has 3 N–H and O–H groups in total. The molecule has 0 bridgehead atoms. The first-order valence-electron chi connectivity index (χ1n) is 7.29. The van der Waals surface area contributed by atoms with Crippen LogP contribution in [0.4, 0.5) is 5.69 Å². The summed E-state index contributed by atoms with van der Waals surface area (Å²) in [5, 5.41) is 2.95. The summed E-state index contributed by atoms with van der Waals surface area (Å²) in [4.78, 5) is 34.9. The van der Waals surface area contributed by atoms with Crippen molar-refractivity contribution < 1.29 is 19.1 Å². The van der Waals surface area contributed by atoms with Gasteiger partial charge in [-0.25, -0.2) is 0 Å². The Morgan fingerprint density at radius 3 is 2.20 bits per heavy atom. The highest BCUT2D eigenvalue weighted by Crippen LogP contribution is 2.15. The lowest BCUT2D eigenvalue weighted by atomic mass is 10.2. The fraction of sp³-hybridized carbons (Fsp3) is 0.118. The van der Waals surface area contributed by atoms with Crippen LogP contribution < -0.4 is 20.9 Å². The minimum Gasteiger partial charge on any atom is -0.484 e. The Labute approximate surface area is 149 Å². The molecule has 0 aliphatic heterocycles. The fourth-order valence-corrected chi connectivity index (χ4v) is 1.85. The monoisotopic (exact) mass is 361 g/mol. The summed E-state index contributed by atoms with van der Waals surface area (Å²) in [6.45, 7) is 1.57. The zero-order valence-electron chi connectivity index (χ0n) is 13.3. The minimum absolute atomic E-state index is 0.332. The number of rotatable bonds is 4. The summed E-state index contributed by atoms with van der Waals surface area (Å²) in [7, 11) is 0. The molecule has 2 aromatic carbocycles. The largest absolute Gasteiger partial charge is 0.484 e. The molecule has 0 spiro atoms. The number of carbonyl (C=O) groups excluding carboxylic acids is 3. The molecule has 8 heteroatoms. The van der Waals surface area contributed by atoms with Crippen LogP contribution in [0.1, 0.15) is 5.56 Å². The Morgan fingerprint density at radius 1 is 0.920 bits per heavy atom. The van der Waals surface area contributed by atoms with Gasteiger partial charge in [0.2, 0.25) is 0 Å². The molecule has 0 heterocycles. The highest BCUT2D eigenvalue weighted by Gasteiger charge is 2.14. The van der Waals surface area contributed by atoms with E-state index in [0.717, 1.165) is 5.56 Å². The van der Waals surface area contributed by atoms with Crippen LogP contribution in [0.2, 0.25) is 5.02 Å². The van der Waals surface area contributed by atoms with Gasteiger partial charge in [-0.05, 0) is 43.3 Å². The Balaban J connectivity index is 1.72. The minimum atomic E-state index is -1.000. The van der Waals surface area contributed by atoms with Gasteiger partial charge in [-0.15, -0.1) is 0 Å². The Kier molecular flexibility index (Phi) is 6.36. The van der Waals surface area contributed by atoms with Gasteiger partial charge in [0, 0.05) is 10.7 Å². The predicted molar refractivity (Wildman–Crippen MR) is 93.0 cm³/mol. The fourth-order valence-electron chi connectivity index (χ4n) is 1.72. The lowest BCUT2D eigenvalue weighted by molar-refractivity contribution is -0.138. The average molecular weight is 362 g/mol. The van der Waals surface area contributed by atoms with Crippen molar-refractivity contribution in [1.29, 1.82) is 0 Å². The van der Waals surface area contributed by atoms with E-state index in [1.54, 1.807) is 48.5 Å². The standard InChI is InChI=1S/C17H16ClN3O4/c1-11-2-6-13(7-3-11)19-16(23)17(24)21-20-15(22)10-25-14-8-4-12(18)5-9-14/h2-9H,10H2,1H3,(H,19,23)(H,20,22)(H,21,24). The Hall–Kier alpha value is -3.06. The molecule has 0 saturated heterocycles. The topological polar surface area (TPSA) is 96.5 Å². The highest BCUT2D eigenvalue weighted by atomic mass is 35.5. The number of benzene rings is 2. The molecule has 130 valence electrons. The molecule has 2 rings (SSSR count). The molecule has 0 aliphatic rings. The molecule has 0 aromatic heterocycles. The van der Waals surface area contributed by atoms with E-state index in [1.165, 1.54) is 0 Å². The van der Waals surface area contributed by atoms with Crippen LogP contribution >= 0.6 is 11.6 Å². The average Bonchev–Trinajstić information content (AvgIpc) is 2.61. The van der Waals surface area contributed by atoms with Crippen molar-refractivity contribution in [3.05, 3.63) is 59.1 Å². The maximum absolute atomic E-state index is 11.7. The van der Waals surface area contributed by atoms with Gasteiger partial charge in [0.25, 0.3) is 5.91 Å². The summed E-state index contributed by atoms with van der Waals surface area (Å²) in [6.07, 6.45) is 0. The van der Waals surface area contributed by atoms with Gasteiger partial charge in [0.15, 0.2) is 6.61 Å². The first-order valence-corrected chi connectivity index (χ1v) is 7.67. The smallest absolute Gasteiger partial charge is 0.328 e. The lowest BCUT2D eigenvalue weighted by Crippen LogP contribution is -2.48. The van der Waals surface area contributed by atoms with Crippen molar-refractivity contribution in [3.63, 3.8) is 0 Å². The molecular formula is C17H16ClN3O4. The number of carbonyl (C=O) groups is 3. The number of amides is 3. The molecule has 7 nitrogen and oxygen atoms in total. The van der Waals surface area contributed by atoms with E-state index in [0.29, 0.717) is 16.5 Å². The third kappa shape index (κ3) is 6.15. The van der Waals surface area contributed by atoms with E-state index in [4.69, 9.17) is 16.3 Å². The Morgan fingerprint density at radius 2 is 1.56 bits per heavy atom. The highest BCUT2D eigenvalue weighted by molar-refractivity contribution is 6.39. The van der Waals surface area contributed by atoms with Gasteiger partial charge in [0.05, 0.1) is 0 Å². The number of hydrazine groups is 1. The van der Waals surface area contributed by atoms with Gasteiger partial charge >= 0.3 is 11.8 Å². The molecule has 0 atom stereocenters. The van der Waals surface area contributed by atoms with Crippen molar-refractivity contribution in [2.75, 3.05) is 11.9 Å². The van der Waals surface area contributed by atoms with Gasteiger partial charge < -0.3 is 10.1 Å². The molecule has 0 aliphatic carbocycles. The Bertz CT molecular complexity index is 760. The molecule has 3 amide bonds. The molecule has 0 saturated carbocycles. The van der Waals surface area contributed by atoms with Crippen LogP contribution in [0.3, 0.4) is 0 Å². The van der Waals surface area contributed by atoms with Crippen molar-refractivity contribution in [2.24, 2.45) is 0 Å². The third-order valence-electron chi connectivity index (χ3n) is 3.01. The summed E-state index contributed by atoms with van der Waals surface area (Å²) in [6, 6.07) is 13.4. The number of hydrogen-bond donors (Lipinski definition) is 3. The van der Waals surface area contributed by atoms with E-state index in [2.05, 4.69) is 10.7 Å². The maximum atomic E-state index is 11.7. The van der Waals surface area contributed by atoms with Crippen molar-refractivity contribution in [3.8, 4) is 5.75 Å². The van der Waals surface area contributed by atoms with Crippen LogP contribution in [0, 0.1) is 6.92 Å². The third-order valence-corrected chi connectivity index (χ3v) is 3.27. The molecular weight excluding hydrogens is 346 g/mol. The van der Waals surface area contributed by atoms with E-state index in [9.17, 15) is 14.4 Å². The second-order valence-electron chi connectivity index (χ2n) is 5.07. The second kappa shape index (κ2) is 8.70. The number of halogens is 1.